The summed E-state index contributed by atoms with van der Waals surface area (Å²) in [5.41, 5.74) is 2.64. The molecular formula is C15H20N4O2S2. The third-order valence-electron chi connectivity index (χ3n) is 3.86. The van der Waals surface area contributed by atoms with Crippen molar-refractivity contribution in [2.24, 2.45) is 0 Å². The Morgan fingerprint density at radius 1 is 1.13 bits per heavy atom. The van der Waals surface area contributed by atoms with Crippen molar-refractivity contribution in [2.45, 2.75) is 38.6 Å². The summed E-state index contributed by atoms with van der Waals surface area (Å²) in [5, 5.41) is 9.83. The van der Waals surface area contributed by atoms with Crippen molar-refractivity contribution in [3.05, 3.63) is 33.8 Å². The molecule has 124 valence electrons. The van der Waals surface area contributed by atoms with Crippen LogP contribution in [-0.4, -0.2) is 37.7 Å². The maximum absolute atomic E-state index is 12.7. The lowest BCUT2D eigenvalue weighted by Gasteiger charge is -2.38. The molecule has 3 rings (SSSR count). The van der Waals surface area contributed by atoms with E-state index in [-0.39, 0.29) is 6.04 Å². The molecule has 0 spiro atoms. The van der Waals surface area contributed by atoms with Gasteiger partial charge in [0.1, 0.15) is 5.01 Å². The summed E-state index contributed by atoms with van der Waals surface area (Å²) in [6.07, 6.45) is 0. The molecule has 1 N–H and O–H groups in total. The Bertz CT molecular complexity index is 816. The molecule has 6 nitrogen and oxygen atoms in total. The lowest BCUT2D eigenvalue weighted by molar-refractivity contribution is 0.467. The van der Waals surface area contributed by atoms with Crippen molar-refractivity contribution in [2.75, 3.05) is 18.0 Å². The molecule has 0 bridgehead atoms. The lowest BCUT2D eigenvalue weighted by atomic mass is 10.1. The fourth-order valence-electron chi connectivity index (χ4n) is 2.99. The quantitative estimate of drug-likeness (QED) is 0.910. The molecule has 0 amide bonds. The van der Waals surface area contributed by atoms with Crippen LogP contribution < -0.4 is 9.62 Å². The van der Waals surface area contributed by atoms with Crippen molar-refractivity contribution >= 4 is 26.5 Å². The molecule has 0 unspecified atom stereocenters. The van der Waals surface area contributed by atoms with Crippen LogP contribution in [0.2, 0.25) is 0 Å². The minimum atomic E-state index is -3.51. The standard InChI is InChI=1S/C15H20N4O2S2/c1-9-5-10(2)14(11(3)6-9)23(20,21)18-13-7-19(8-13)15-17-16-12(4)22-15/h5-6,13,18H,7-8H2,1-4H3. The first-order valence-electron chi connectivity index (χ1n) is 7.41. The number of sulfonamides is 1. The Hall–Kier alpha value is -1.51. The molecule has 1 aromatic heterocycles. The smallest absolute Gasteiger partial charge is 0.241 e. The van der Waals surface area contributed by atoms with E-state index in [0.29, 0.717) is 18.0 Å². The molecule has 0 aliphatic carbocycles. The average Bonchev–Trinajstić information content (AvgIpc) is 2.77. The van der Waals surface area contributed by atoms with Gasteiger partial charge in [0.25, 0.3) is 0 Å². The first-order chi connectivity index (χ1) is 10.8. The molecule has 2 aromatic rings. The zero-order chi connectivity index (χ0) is 16.8. The van der Waals surface area contributed by atoms with Gasteiger partial charge in [0.15, 0.2) is 0 Å². The predicted molar refractivity (Wildman–Crippen MR) is 91.6 cm³/mol. The number of hydrogen-bond donors (Lipinski definition) is 1. The van der Waals surface area contributed by atoms with Crippen molar-refractivity contribution in [3.8, 4) is 0 Å². The van der Waals surface area contributed by atoms with Gasteiger partial charge in [-0.3, -0.25) is 0 Å². The van der Waals surface area contributed by atoms with Gasteiger partial charge in [-0.15, -0.1) is 10.2 Å². The summed E-state index contributed by atoms with van der Waals surface area (Å²) in [4.78, 5) is 2.43. The number of anilines is 1. The van der Waals surface area contributed by atoms with Gasteiger partial charge in [0.2, 0.25) is 15.2 Å². The third kappa shape index (κ3) is 3.24. The molecule has 8 heteroatoms. The Kier molecular flexibility index (Phi) is 4.16. The molecule has 0 radical (unpaired) electrons. The second-order valence-corrected chi connectivity index (χ2v) is 8.87. The van der Waals surface area contributed by atoms with E-state index >= 15 is 0 Å². The van der Waals surface area contributed by atoms with E-state index in [2.05, 4.69) is 14.9 Å². The van der Waals surface area contributed by atoms with Crippen LogP contribution in [0, 0.1) is 27.7 Å². The van der Waals surface area contributed by atoms with Crippen LogP contribution >= 0.6 is 11.3 Å². The third-order valence-corrected chi connectivity index (χ3v) is 6.59. The van der Waals surface area contributed by atoms with Crippen LogP contribution in [0.25, 0.3) is 0 Å². The van der Waals surface area contributed by atoms with Gasteiger partial charge in [-0.05, 0) is 38.8 Å². The summed E-state index contributed by atoms with van der Waals surface area (Å²) >= 11 is 1.52. The zero-order valence-electron chi connectivity index (χ0n) is 13.6. The number of aromatic nitrogens is 2. The second kappa shape index (κ2) is 5.85. The molecular weight excluding hydrogens is 332 g/mol. The highest BCUT2D eigenvalue weighted by Crippen LogP contribution is 2.26. The Balaban J connectivity index is 1.72. The van der Waals surface area contributed by atoms with Gasteiger partial charge in [-0.25, -0.2) is 13.1 Å². The maximum Gasteiger partial charge on any atom is 0.241 e. The molecule has 0 atom stereocenters. The predicted octanol–water partition coefficient (Wildman–Crippen LogP) is 1.94. The minimum Gasteiger partial charge on any atom is -0.343 e. The maximum atomic E-state index is 12.7. The summed E-state index contributed by atoms with van der Waals surface area (Å²) in [7, 11) is -3.51. The Morgan fingerprint density at radius 2 is 1.74 bits per heavy atom. The number of aryl methyl sites for hydroxylation is 4. The molecule has 1 saturated heterocycles. The van der Waals surface area contributed by atoms with E-state index < -0.39 is 10.0 Å². The SMILES string of the molecule is Cc1cc(C)c(S(=O)(=O)NC2CN(c3nnc(C)s3)C2)c(C)c1. The largest absolute Gasteiger partial charge is 0.343 e. The fourth-order valence-corrected chi connectivity index (χ4v) is 5.37. The molecule has 0 saturated carbocycles. The van der Waals surface area contributed by atoms with E-state index in [1.54, 1.807) is 0 Å². The summed E-state index contributed by atoms with van der Waals surface area (Å²) in [5.74, 6) is 0. The number of benzene rings is 1. The van der Waals surface area contributed by atoms with Crippen LogP contribution in [0.4, 0.5) is 5.13 Å². The highest BCUT2D eigenvalue weighted by Gasteiger charge is 2.33. The second-order valence-electron chi connectivity index (χ2n) is 6.05. The van der Waals surface area contributed by atoms with Crippen LogP contribution in [0.5, 0.6) is 0 Å². The summed E-state index contributed by atoms with van der Waals surface area (Å²) < 4.78 is 28.2. The van der Waals surface area contributed by atoms with Crippen molar-refractivity contribution < 1.29 is 8.42 Å². The molecule has 23 heavy (non-hydrogen) atoms. The fraction of sp³-hybridized carbons (Fsp3) is 0.467. The van der Waals surface area contributed by atoms with Crippen LogP contribution in [0.1, 0.15) is 21.7 Å². The van der Waals surface area contributed by atoms with Crippen LogP contribution in [0.15, 0.2) is 17.0 Å². The molecule has 1 aliphatic rings. The van der Waals surface area contributed by atoms with E-state index in [4.69, 9.17) is 0 Å². The summed E-state index contributed by atoms with van der Waals surface area (Å²) in [6, 6.07) is 3.71. The molecule has 1 aliphatic heterocycles. The van der Waals surface area contributed by atoms with Gasteiger partial charge < -0.3 is 4.90 Å². The number of nitrogens with one attached hydrogen (secondary N) is 1. The first kappa shape index (κ1) is 16.4. The van der Waals surface area contributed by atoms with Gasteiger partial charge >= 0.3 is 0 Å². The lowest BCUT2D eigenvalue weighted by Crippen LogP contribution is -2.59. The van der Waals surface area contributed by atoms with Crippen molar-refractivity contribution in [3.63, 3.8) is 0 Å². The normalized spacial score (nSPS) is 15.7. The van der Waals surface area contributed by atoms with Gasteiger partial charge in [-0.1, -0.05) is 29.0 Å². The highest BCUT2D eigenvalue weighted by atomic mass is 32.2. The molecule has 1 fully saturated rings. The van der Waals surface area contributed by atoms with Crippen molar-refractivity contribution in [1.82, 2.24) is 14.9 Å². The van der Waals surface area contributed by atoms with Crippen molar-refractivity contribution in [1.29, 1.82) is 0 Å². The number of rotatable bonds is 4. The molecule has 1 aromatic carbocycles. The topological polar surface area (TPSA) is 75.2 Å². The Labute approximate surface area is 140 Å². The average molecular weight is 352 g/mol. The monoisotopic (exact) mass is 352 g/mol. The van der Waals surface area contributed by atoms with E-state index in [9.17, 15) is 8.42 Å². The number of nitrogens with zero attached hydrogens (tertiary/aromatic N) is 3. The van der Waals surface area contributed by atoms with E-state index in [1.165, 1.54) is 11.3 Å². The van der Waals surface area contributed by atoms with Crippen LogP contribution in [-0.2, 0) is 10.0 Å². The van der Waals surface area contributed by atoms with Gasteiger partial charge in [0, 0.05) is 13.1 Å². The first-order valence-corrected chi connectivity index (χ1v) is 9.71. The highest BCUT2D eigenvalue weighted by molar-refractivity contribution is 7.89. The van der Waals surface area contributed by atoms with Gasteiger partial charge in [0.05, 0.1) is 10.9 Å². The minimum absolute atomic E-state index is 0.0932. The van der Waals surface area contributed by atoms with Gasteiger partial charge in [-0.2, -0.15) is 0 Å². The zero-order valence-corrected chi connectivity index (χ0v) is 15.3. The Morgan fingerprint density at radius 3 is 2.26 bits per heavy atom. The van der Waals surface area contributed by atoms with Crippen LogP contribution in [0.3, 0.4) is 0 Å². The number of hydrogen-bond acceptors (Lipinski definition) is 6. The summed E-state index contributed by atoms with van der Waals surface area (Å²) in [6.45, 7) is 8.80. The van der Waals surface area contributed by atoms with E-state index in [0.717, 1.165) is 26.8 Å². The molecule has 2 heterocycles. The van der Waals surface area contributed by atoms with E-state index in [1.807, 2.05) is 44.7 Å².